The molecular formula is C19H15N5. The molecule has 0 amide bonds. The Kier molecular flexibility index (Phi) is 3.31. The quantitative estimate of drug-likeness (QED) is 0.435. The standard InChI is InChI=1S/C19H15N5/c20-19(21)24(17-11-9-13-5-1-3-7-15(13)22-17)18-12-10-14-6-2-4-8-16(14)23-18/h1-12H,(H3,20,21). The fourth-order valence-electron chi connectivity index (χ4n) is 2.72. The van der Waals surface area contributed by atoms with Gasteiger partial charge in [-0.25, -0.2) is 14.9 Å². The Morgan fingerprint density at radius 3 is 1.62 bits per heavy atom. The van der Waals surface area contributed by atoms with Gasteiger partial charge in [0.05, 0.1) is 11.0 Å². The first-order valence-corrected chi connectivity index (χ1v) is 7.58. The first-order chi connectivity index (χ1) is 11.7. The molecule has 0 unspecified atom stereocenters. The Hall–Kier alpha value is -3.47. The number of hydrogen-bond donors (Lipinski definition) is 2. The molecule has 0 radical (unpaired) electrons. The minimum Gasteiger partial charge on any atom is -0.369 e. The van der Waals surface area contributed by atoms with Gasteiger partial charge in [0, 0.05) is 10.8 Å². The van der Waals surface area contributed by atoms with Gasteiger partial charge in [-0.15, -0.1) is 0 Å². The summed E-state index contributed by atoms with van der Waals surface area (Å²) >= 11 is 0. The van der Waals surface area contributed by atoms with Crippen LogP contribution in [0.15, 0.2) is 72.8 Å². The van der Waals surface area contributed by atoms with Gasteiger partial charge in [0.1, 0.15) is 11.6 Å². The van der Waals surface area contributed by atoms with Crippen molar-refractivity contribution in [3.05, 3.63) is 72.8 Å². The first kappa shape index (κ1) is 14.1. The van der Waals surface area contributed by atoms with Crippen molar-refractivity contribution in [1.82, 2.24) is 9.97 Å². The third-order valence-electron chi connectivity index (χ3n) is 3.87. The first-order valence-electron chi connectivity index (χ1n) is 7.58. The Labute approximate surface area is 138 Å². The van der Waals surface area contributed by atoms with E-state index in [1.165, 1.54) is 0 Å². The summed E-state index contributed by atoms with van der Waals surface area (Å²) in [5, 5.41) is 10.0. The van der Waals surface area contributed by atoms with E-state index in [9.17, 15) is 0 Å². The van der Waals surface area contributed by atoms with E-state index in [1.807, 2.05) is 72.8 Å². The highest BCUT2D eigenvalue weighted by Crippen LogP contribution is 2.25. The van der Waals surface area contributed by atoms with Crippen LogP contribution in [0.4, 0.5) is 11.6 Å². The van der Waals surface area contributed by atoms with E-state index in [1.54, 1.807) is 4.90 Å². The van der Waals surface area contributed by atoms with Crippen LogP contribution in [0, 0.1) is 5.41 Å². The Balaban J connectivity index is 1.86. The lowest BCUT2D eigenvalue weighted by Gasteiger charge is -2.21. The van der Waals surface area contributed by atoms with E-state index < -0.39 is 0 Å². The maximum atomic E-state index is 7.97. The maximum absolute atomic E-state index is 7.97. The zero-order chi connectivity index (χ0) is 16.5. The van der Waals surface area contributed by atoms with Crippen molar-refractivity contribution in [3.8, 4) is 0 Å². The number of fused-ring (bicyclic) bond motifs is 2. The highest BCUT2D eigenvalue weighted by atomic mass is 15.3. The number of guanidine groups is 1. The molecule has 4 rings (SSSR count). The van der Waals surface area contributed by atoms with Crippen molar-refractivity contribution >= 4 is 39.4 Å². The molecule has 0 aliphatic carbocycles. The van der Waals surface area contributed by atoms with Gasteiger partial charge in [-0.05, 0) is 36.4 Å². The Morgan fingerprint density at radius 2 is 1.17 bits per heavy atom. The van der Waals surface area contributed by atoms with Gasteiger partial charge in [0.2, 0.25) is 0 Å². The molecule has 0 atom stereocenters. The molecule has 0 saturated heterocycles. The van der Waals surface area contributed by atoms with Gasteiger partial charge < -0.3 is 5.73 Å². The molecule has 2 aromatic carbocycles. The van der Waals surface area contributed by atoms with Gasteiger partial charge in [0.25, 0.3) is 0 Å². The van der Waals surface area contributed by atoms with Crippen molar-refractivity contribution in [2.75, 3.05) is 4.90 Å². The van der Waals surface area contributed by atoms with E-state index in [4.69, 9.17) is 11.1 Å². The molecule has 0 spiro atoms. The van der Waals surface area contributed by atoms with Gasteiger partial charge >= 0.3 is 0 Å². The van der Waals surface area contributed by atoms with E-state index in [0.717, 1.165) is 21.8 Å². The van der Waals surface area contributed by atoms with Gasteiger partial charge in [0.15, 0.2) is 5.96 Å². The van der Waals surface area contributed by atoms with Crippen molar-refractivity contribution in [2.45, 2.75) is 0 Å². The molecule has 0 aliphatic rings. The molecule has 2 heterocycles. The number of benzene rings is 2. The number of anilines is 2. The van der Waals surface area contributed by atoms with Crippen LogP contribution in [0.25, 0.3) is 21.8 Å². The molecule has 0 saturated carbocycles. The van der Waals surface area contributed by atoms with Crippen LogP contribution in [0.1, 0.15) is 0 Å². The molecular weight excluding hydrogens is 298 g/mol. The number of nitrogens with zero attached hydrogens (tertiary/aromatic N) is 3. The van der Waals surface area contributed by atoms with Crippen LogP contribution in [-0.2, 0) is 0 Å². The van der Waals surface area contributed by atoms with Crippen LogP contribution >= 0.6 is 0 Å². The lowest BCUT2D eigenvalue weighted by atomic mass is 10.2. The topological polar surface area (TPSA) is 78.9 Å². The Bertz CT molecular complexity index is 978. The fraction of sp³-hybridized carbons (Fsp3) is 0. The average Bonchev–Trinajstić information content (AvgIpc) is 2.61. The second-order valence-corrected chi connectivity index (χ2v) is 5.44. The summed E-state index contributed by atoms with van der Waals surface area (Å²) in [6, 6.07) is 23.3. The number of pyridine rings is 2. The zero-order valence-corrected chi connectivity index (χ0v) is 12.8. The van der Waals surface area contributed by atoms with Crippen molar-refractivity contribution in [1.29, 1.82) is 5.41 Å². The van der Waals surface area contributed by atoms with Crippen molar-refractivity contribution < 1.29 is 0 Å². The highest BCUT2D eigenvalue weighted by Gasteiger charge is 2.16. The number of nitrogens with one attached hydrogen (secondary N) is 1. The smallest absolute Gasteiger partial charge is 0.200 e. The molecule has 5 heteroatoms. The fourth-order valence-corrected chi connectivity index (χ4v) is 2.72. The van der Waals surface area contributed by atoms with Crippen LogP contribution in [0.5, 0.6) is 0 Å². The van der Waals surface area contributed by atoms with Crippen LogP contribution in [-0.4, -0.2) is 15.9 Å². The molecule has 5 nitrogen and oxygen atoms in total. The Morgan fingerprint density at radius 1 is 0.708 bits per heavy atom. The summed E-state index contributed by atoms with van der Waals surface area (Å²) in [6.45, 7) is 0. The number of aromatic nitrogens is 2. The van der Waals surface area contributed by atoms with Crippen LogP contribution in [0.2, 0.25) is 0 Å². The summed E-state index contributed by atoms with van der Waals surface area (Å²) < 4.78 is 0. The predicted octanol–water partition coefficient (Wildman–Crippen LogP) is 3.81. The molecule has 2 aromatic heterocycles. The maximum Gasteiger partial charge on any atom is 0.200 e. The molecule has 0 fully saturated rings. The van der Waals surface area contributed by atoms with E-state index in [0.29, 0.717) is 11.6 Å². The van der Waals surface area contributed by atoms with Crippen molar-refractivity contribution in [2.24, 2.45) is 5.73 Å². The van der Waals surface area contributed by atoms with Gasteiger partial charge in [-0.1, -0.05) is 36.4 Å². The largest absolute Gasteiger partial charge is 0.369 e. The number of hydrogen-bond acceptors (Lipinski definition) is 3. The minimum atomic E-state index is -0.124. The predicted molar refractivity (Wildman–Crippen MR) is 97.5 cm³/mol. The zero-order valence-electron chi connectivity index (χ0n) is 12.8. The monoisotopic (exact) mass is 313 g/mol. The number of rotatable bonds is 2. The number of nitrogens with two attached hydrogens (primary N) is 1. The van der Waals surface area contributed by atoms with E-state index in [2.05, 4.69) is 9.97 Å². The van der Waals surface area contributed by atoms with Crippen LogP contribution in [0.3, 0.4) is 0 Å². The summed E-state index contributed by atoms with van der Waals surface area (Å²) in [4.78, 5) is 10.8. The molecule has 116 valence electrons. The third kappa shape index (κ3) is 2.42. The second kappa shape index (κ2) is 5.62. The average molecular weight is 313 g/mol. The molecule has 24 heavy (non-hydrogen) atoms. The van der Waals surface area contributed by atoms with E-state index in [-0.39, 0.29) is 5.96 Å². The molecule has 3 N–H and O–H groups in total. The van der Waals surface area contributed by atoms with E-state index >= 15 is 0 Å². The second-order valence-electron chi connectivity index (χ2n) is 5.44. The van der Waals surface area contributed by atoms with Gasteiger partial charge in [-0.2, -0.15) is 0 Å². The lowest BCUT2D eigenvalue weighted by molar-refractivity contribution is 1.16. The van der Waals surface area contributed by atoms with Crippen LogP contribution < -0.4 is 10.6 Å². The highest BCUT2D eigenvalue weighted by molar-refractivity contribution is 6.00. The summed E-state index contributed by atoms with van der Waals surface area (Å²) in [7, 11) is 0. The third-order valence-corrected chi connectivity index (χ3v) is 3.87. The SMILES string of the molecule is N=C(N)N(c1ccc2ccccc2n1)c1ccc2ccccc2n1. The van der Waals surface area contributed by atoms with Gasteiger partial charge in [-0.3, -0.25) is 5.41 Å². The summed E-state index contributed by atoms with van der Waals surface area (Å²) in [5.74, 6) is 1.02. The minimum absolute atomic E-state index is 0.124. The normalized spacial score (nSPS) is 10.8. The molecule has 4 aromatic rings. The summed E-state index contributed by atoms with van der Waals surface area (Å²) in [5.41, 5.74) is 7.52. The summed E-state index contributed by atoms with van der Waals surface area (Å²) in [6.07, 6.45) is 0. The number of para-hydroxylation sites is 2. The molecule has 0 aliphatic heterocycles. The molecule has 0 bridgehead atoms. The lowest BCUT2D eigenvalue weighted by Crippen LogP contribution is -2.33. The van der Waals surface area contributed by atoms with Crippen molar-refractivity contribution in [3.63, 3.8) is 0 Å².